The first-order chi connectivity index (χ1) is 5.52. The molecule has 1 heterocycles. The van der Waals surface area contributed by atoms with Crippen molar-refractivity contribution in [3.8, 4) is 0 Å². The minimum absolute atomic E-state index is 0.196. The van der Waals surface area contributed by atoms with E-state index >= 15 is 0 Å². The number of rotatable bonds is 1. The van der Waals surface area contributed by atoms with Crippen LogP contribution in [0.3, 0.4) is 0 Å². The highest BCUT2D eigenvalue weighted by Crippen LogP contribution is 2.18. The number of ether oxygens (including phenoxy) is 1. The Morgan fingerprint density at radius 1 is 1.25 bits per heavy atom. The molecule has 0 saturated carbocycles. The predicted molar refractivity (Wildman–Crippen MR) is 35.1 cm³/mol. The smallest absolute Gasteiger partial charge is 0.335 e. The molecule has 1 fully saturated rings. The van der Waals surface area contributed by atoms with Crippen LogP contribution in [0.15, 0.2) is 0 Å². The number of aliphatic hydroxyl groups excluding tert-OH is 3. The van der Waals surface area contributed by atoms with Crippen LogP contribution < -0.4 is 0 Å². The highest BCUT2D eigenvalue weighted by Gasteiger charge is 2.39. The molecule has 6 nitrogen and oxygen atoms in total. The van der Waals surface area contributed by atoms with E-state index in [2.05, 4.69) is 4.74 Å². The van der Waals surface area contributed by atoms with Gasteiger partial charge in [-0.1, -0.05) is 0 Å². The quantitative estimate of drug-likeness (QED) is 0.366. The second kappa shape index (κ2) is 3.36. The number of aliphatic carboxylic acids is 1. The molecule has 1 aliphatic heterocycles. The van der Waals surface area contributed by atoms with Gasteiger partial charge in [0, 0.05) is 6.42 Å². The average molecular weight is 178 g/mol. The fourth-order valence-electron chi connectivity index (χ4n) is 1.04. The van der Waals surface area contributed by atoms with Crippen molar-refractivity contribution in [2.45, 2.75) is 31.0 Å². The zero-order chi connectivity index (χ0) is 9.30. The van der Waals surface area contributed by atoms with Crippen LogP contribution in [0.5, 0.6) is 0 Å². The third kappa shape index (κ3) is 1.72. The summed E-state index contributed by atoms with van der Waals surface area (Å²) in [6.07, 6.45) is -5.69. The summed E-state index contributed by atoms with van der Waals surface area (Å²) in [4.78, 5) is 10.3. The second-order valence-corrected chi connectivity index (χ2v) is 2.66. The predicted octanol–water partition coefficient (Wildman–Crippen LogP) is -2.10. The molecule has 0 radical (unpaired) electrons. The van der Waals surface area contributed by atoms with Crippen LogP contribution in [0.4, 0.5) is 0 Å². The van der Waals surface area contributed by atoms with Crippen molar-refractivity contribution >= 4 is 5.97 Å². The summed E-state index contributed by atoms with van der Waals surface area (Å²) in [5.74, 6) is -1.35. The summed E-state index contributed by atoms with van der Waals surface area (Å²) in [6, 6.07) is 0. The molecule has 70 valence electrons. The highest BCUT2D eigenvalue weighted by atomic mass is 16.6. The van der Waals surface area contributed by atoms with Crippen LogP contribution >= 0.6 is 0 Å². The Hall–Kier alpha value is -0.690. The van der Waals surface area contributed by atoms with Gasteiger partial charge in [-0.15, -0.1) is 0 Å². The van der Waals surface area contributed by atoms with Gasteiger partial charge in [-0.05, 0) is 0 Å². The Morgan fingerprint density at radius 2 is 1.83 bits per heavy atom. The number of carboxylic acid groups (broad SMARTS) is 1. The molecule has 0 spiro atoms. The summed E-state index contributed by atoms with van der Waals surface area (Å²) in [7, 11) is 0. The summed E-state index contributed by atoms with van der Waals surface area (Å²) >= 11 is 0. The lowest BCUT2D eigenvalue weighted by Crippen LogP contribution is -2.50. The molecular formula is C6H10O6. The van der Waals surface area contributed by atoms with Crippen LogP contribution in [-0.2, 0) is 9.53 Å². The van der Waals surface area contributed by atoms with Gasteiger partial charge in [0.25, 0.3) is 0 Å². The van der Waals surface area contributed by atoms with Gasteiger partial charge in [-0.25, -0.2) is 4.79 Å². The Bertz CT molecular complexity index is 181. The Kier molecular flexibility index (Phi) is 2.63. The van der Waals surface area contributed by atoms with Crippen LogP contribution in [0.25, 0.3) is 0 Å². The van der Waals surface area contributed by atoms with Crippen molar-refractivity contribution < 1.29 is 30.0 Å². The fourth-order valence-corrected chi connectivity index (χ4v) is 1.04. The molecule has 0 aromatic carbocycles. The molecule has 0 amide bonds. The molecule has 4 atom stereocenters. The van der Waals surface area contributed by atoms with Crippen LogP contribution in [0, 0.1) is 0 Å². The highest BCUT2D eigenvalue weighted by molar-refractivity contribution is 5.73. The first kappa shape index (κ1) is 9.40. The molecule has 1 rings (SSSR count). The summed E-state index contributed by atoms with van der Waals surface area (Å²) < 4.78 is 4.43. The minimum Gasteiger partial charge on any atom is -0.479 e. The molecule has 0 aromatic rings. The number of aliphatic hydroxyl groups is 3. The number of hydrogen-bond donors (Lipinski definition) is 4. The van der Waals surface area contributed by atoms with Gasteiger partial charge in [-0.2, -0.15) is 0 Å². The molecule has 6 heteroatoms. The Morgan fingerprint density at radius 3 is 2.33 bits per heavy atom. The van der Waals surface area contributed by atoms with Crippen molar-refractivity contribution in [1.82, 2.24) is 0 Å². The standard InChI is InChI=1S/C6H10O6/c7-2-1-3(8)6(11)12-4(2)5(9)10/h2-4,6-8,11H,1H2,(H,9,10). The van der Waals surface area contributed by atoms with Crippen LogP contribution in [0.2, 0.25) is 0 Å². The number of carbonyl (C=O) groups is 1. The Labute approximate surface area is 68.0 Å². The van der Waals surface area contributed by atoms with E-state index in [1.165, 1.54) is 0 Å². The molecular weight excluding hydrogens is 168 g/mol. The first-order valence-electron chi connectivity index (χ1n) is 3.45. The monoisotopic (exact) mass is 178 g/mol. The molecule has 0 aliphatic carbocycles. The lowest BCUT2D eigenvalue weighted by molar-refractivity contribution is -0.247. The normalized spacial score (nSPS) is 42.6. The average Bonchev–Trinajstić information content (AvgIpc) is 1.96. The fraction of sp³-hybridized carbons (Fsp3) is 0.833. The number of carboxylic acids is 1. The zero-order valence-corrected chi connectivity index (χ0v) is 6.12. The largest absolute Gasteiger partial charge is 0.479 e. The molecule has 4 N–H and O–H groups in total. The van der Waals surface area contributed by atoms with Gasteiger partial charge in [-0.3, -0.25) is 0 Å². The van der Waals surface area contributed by atoms with Gasteiger partial charge in [0.2, 0.25) is 0 Å². The number of hydrogen-bond acceptors (Lipinski definition) is 5. The van der Waals surface area contributed by atoms with Crippen molar-refractivity contribution in [3.05, 3.63) is 0 Å². The van der Waals surface area contributed by atoms with Gasteiger partial charge >= 0.3 is 5.97 Å². The van der Waals surface area contributed by atoms with Crippen LogP contribution in [0.1, 0.15) is 6.42 Å². The van der Waals surface area contributed by atoms with E-state index in [9.17, 15) is 4.79 Å². The zero-order valence-electron chi connectivity index (χ0n) is 6.12. The van der Waals surface area contributed by atoms with E-state index < -0.39 is 30.6 Å². The summed E-state index contributed by atoms with van der Waals surface area (Å²) in [6.45, 7) is 0. The van der Waals surface area contributed by atoms with Gasteiger partial charge in [0.05, 0.1) is 6.10 Å². The molecule has 0 bridgehead atoms. The molecule has 4 unspecified atom stereocenters. The van der Waals surface area contributed by atoms with E-state index in [0.29, 0.717) is 0 Å². The Balaban J connectivity index is 2.61. The molecule has 0 aromatic heterocycles. The topological polar surface area (TPSA) is 107 Å². The maximum absolute atomic E-state index is 10.3. The lowest BCUT2D eigenvalue weighted by Gasteiger charge is -2.31. The third-order valence-electron chi connectivity index (χ3n) is 1.69. The second-order valence-electron chi connectivity index (χ2n) is 2.66. The summed E-state index contributed by atoms with van der Waals surface area (Å²) in [5.41, 5.74) is 0. The maximum atomic E-state index is 10.3. The van der Waals surface area contributed by atoms with Crippen LogP contribution in [-0.4, -0.2) is 51.0 Å². The van der Waals surface area contributed by atoms with Gasteiger partial charge in [0.1, 0.15) is 6.10 Å². The first-order valence-corrected chi connectivity index (χ1v) is 3.45. The van der Waals surface area contributed by atoms with Crippen molar-refractivity contribution in [2.24, 2.45) is 0 Å². The molecule has 1 saturated heterocycles. The van der Waals surface area contributed by atoms with Gasteiger partial charge < -0.3 is 25.2 Å². The van der Waals surface area contributed by atoms with Gasteiger partial charge in [0.15, 0.2) is 12.4 Å². The van der Waals surface area contributed by atoms with Crippen molar-refractivity contribution in [2.75, 3.05) is 0 Å². The van der Waals surface area contributed by atoms with E-state index in [-0.39, 0.29) is 6.42 Å². The maximum Gasteiger partial charge on any atom is 0.335 e. The molecule has 1 aliphatic rings. The lowest BCUT2D eigenvalue weighted by atomic mass is 10.0. The van der Waals surface area contributed by atoms with Crippen molar-refractivity contribution in [3.63, 3.8) is 0 Å². The SMILES string of the molecule is O=C(O)C1OC(O)C(O)CC1O. The van der Waals surface area contributed by atoms with E-state index in [4.69, 9.17) is 20.4 Å². The third-order valence-corrected chi connectivity index (χ3v) is 1.69. The van der Waals surface area contributed by atoms with Crippen molar-refractivity contribution in [1.29, 1.82) is 0 Å². The van der Waals surface area contributed by atoms with E-state index in [0.717, 1.165) is 0 Å². The molecule has 12 heavy (non-hydrogen) atoms. The van der Waals surface area contributed by atoms with E-state index in [1.807, 2.05) is 0 Å². The summed E-state index contributed by atoms with van der Waals surface area (Å²) in [5, 5.41) is 35.3. The minimum atomic E-state index is -1.53. The van der Waals surface area contributed by atoms with E-state index in [1.54, 1.807) is 0 Å².